The van der Waals surface area contributed by atoms with Crippen LogP contribution < -0.4 is 0 Å². The SMILES string of the molecule is CCC(CC)C(Br)Cc1ncc[nH]1. The van der Waals surface area contributed by atoms with Gasteiger partial charge in [-0.3, -0.25) is 0 Å². The Kier molecular flexibility index (Phi) is 4.50. The molecule has 0 aliphatic carbocycles. The van der Waals surface area contributed by atoms with Crippen LogP contribution >= 0.6 is 15.9 Å². The van der Waals surface area contributed by atoms with Gasteiger partial charge in [0.15, 0.2) is 0 Å². The van der Waals surface area contributed by atoms with E-state index in [2.05, 4.69) is 39.7 Å². The molecular weight excluding hydrogens is 228 g/mol. The second-order valence-corrected chi connectivity index (χ2v) is 4.51. The summed E-state index contributed by atoms with van der Waals surface area (Å²) in [5.74, 6) is 1.83. The van der Waals surface area contributed by atoms with Crippen molar-refractivity contribution in [2.75, 3.05) is 0 Å². The van der Waals surface area contributed by atoms with Crippen molar-refractivity contribution in [3.63, 3.8) is 0 Å². The number of aromatic amines is 1. The van der Waals surface area contributed by atoms with Gasteiger partial charge in [-0.15, -0.1) is 0 Å². The summed E-state index contributed by atoms with van der Waals surface area (Å²) in [5, 5.41) is 0. The van der Waals surface area contributed by atoms with E-state index in [0.717, 1.165) is 18.2 Å². The molecule has 0 aliphatic heterocycles. The lowest BCUT2D eigenvalue weighted by Crippen LogP contribution is -2.16. The van der Waals surface area contributed by atoms with Gasteiger partial charge in [-0.1, -0.05) is 42.6 Å². The molecule has 1 unspecified atom stereocenters. The van der Waals surface area contributed by atoms with Crippen LogP contribution in [-0.2, 0) is 6.42 Å². The zero-order chi connectivity index (χ0) is 9.68. The predicted molar refractivity (Wildman–Crippen MR) is 59.1 cm³/mol. The molecule has 1 aromatic rings. The van der Waals surface area contributed by atoms with E-state index in [1.54, 1.807) is 0 Å². The Morgan fingerprint density at radius 1 is 1.46 bits per heavy atom. The highest BCUT2D eigenvalue weighted by Crippen LogP contribution is 2.22. The van der Waals surface area contributed by atoms with E-state index in [1.165, 1.54) is 12.8 Å². The number of hydrogen-bond acceptors (Lipinski definition) is 1. The highest BCUT2D eigenvalue weighted by Gasteiger charge is 2.16. The molecule has 0 bridgehead atoms. The summed E-state index contributed by atoms with van der Waals surface area (Å²) in [6.07, 6.45) is 7.14. The zero-order valence-corrected chi connectivity index (χ0v) is 9.84. The zero-order valence-electron chi connectivity index (χ0n) is 8.26. The van der Waals surface area contributed by atoms with Crippen LogP contribution in [0.1, 0.15) is 32.5 Å². The number of nitrogens with one attached hydrogen (secondary N) is 1. The number of nitrogens with zero attached hydrogens (tertiary/aromatic N) is 1. The lowest BCUT2D eigenvalue weighted by atomic mass is 9.97. The Morgan fingerprint density at radius 3 is 2.62 bits per heavy atom. The first-order valence-electron chi connectivity index (χ1n) is 4.90. The van der Waals surface area contributed by atoms with Crippen molar-refractivity contribution >= 4 is 15.9 Å². The lowest BCUT2D eigenvalue weighted by molar-refractivity contribution is 0.471. The Morgan fingerprint density at radius 2 is 2.15 bits per heavy atom. The average molecular weight is 245 g/mol. The van der Waals surface area contributed by atoms with Crippen molar-refractivity contribution < 1.29 is 0 Å². The topological polar surface area (TPSA) is 28.7 Å². The van der Waals surface area contributed by atoms with Crippen molar-refractivity contribution in [1.29, 1.82) is 0 Å². The Labute approximate surface area is 88.3 Å². The highest BCUT2D eigenvalue weighted by molar-refractivity contribution is 9.09. The highest BCUT2D eigenvalue weighted by atomic mass is 79.9. The van der Waals surface area contributed by atoms with Gasteiger partial charge >= 0.3 is 0 Å². The van der Waals surface area contributed by atoms with E-state index in [4.69, 9.17) is 0 Å². The number of hydrogen-bond donors (Lipinski definition) is 1. The predicted octanol–water partition coefficient (Wildman–Crippen LogP) is 3.15. The van der Waals surface area contributed by atoms with Gasteiger partial charge in [-0.05, 0) is 5.92 Å². The second-order valence-electron chi connectivity index (χ2n) is 3.33. The monoisotopic (exact) mass is 244 g/mol. The van der Waals surface area contributed by atoms with Crippen molar-refractivity contribution in [3.8, 4) is 0 Å². The fourth-order valence-corrected chi connectivity index (χ4v) is 2.62. The molecule has 1 aromatic heterocycles. The van der Waals surface area contributed by atoms with Crippen LogP contribution in [0.25, 0.3) is 0 Å². The number of H-pyrrole nitrogens is 1. The average Bonchev–Trinajstić information content (AvgIpc) is 2.59. The minimum absolute atomic E-state index is 0.550. The molecule has 0 amide bonds. The molecule has 1 rings (SSSR count). The molecular formula is C10H17BrN2. The van der Waals surface area contributed by atoms with E-state index in [9.17, 15) is 0 Å². The molecule has 3 heteroatoms. The summed E-state index contributed by atoms with van der Waals surface area (Å²) in [4.78, 5) is 7.90. The van der Waals surface area contributed by atoms with Gasteiger partial charge in [-0.25, -0.2) is 4.98 Å². The molecule has 0 aromatic carbocycles. The molecule has 74 valence electrons. The Balaban J connectivity index is 2.44. The van der Waals surface area contributed by atoms with Gasteiger partial charge in [0, 0.05) is 23.6 Å². The normalized spacial score (nSPS) is 13.5. The van der Waals surface area contributed by atoms with Gasteiger partial charge in [0.1, 0.15) is 5.82 Å². The van der Waals surface area contributed by atoms with Crippen LogP contribution in [-0.4, -0.2) is 14.8 Å². The number of rotatable bonds is 5. The second kappa shape index (κ2) is 5.43. The van der Waals surface area contributed by atoms with Gasteiger partial charge < -0.3 is 4.98 Å². The minimum atomic E-state index is 0.550. The van der Waals surface area contributed by atoms with Gasteiger partial charge in [0.05, 0.1) is 0 Å². The Bertz CT molecular complexity index is 217. The standard InChI is InChI=1S/C10H17BrN2/c1-3-8(4-2)9(11)7-10-12-5-6-13-10/h5-6,8-9H,3-4,7H2,1-2H3,(H,12,13). The number of alkyl halides is 1. The van der Waals surface area contributed by atoms with Gasteiger partial charge in [0.2, 0.25) is 0 Å². The third-order valence-corrected chi connectivity index (χ3v) is 3.57. The van der Waals surface area contributed by atoms with E-state index in [1.807, 2.05) is 12.4 Å². The summed E-state index contributed by atoms with van der Waals surface area (Å²) in [6, 6.07) is 0. The summed E-state index contributed by atoms with van der Waals surface area (Å²) in [5.41, 5.74) is 0. The summed E-state index contributed by atoms with van der Waals surface area (Å²) in [6.45, 7) is 4.48. The summed E-state index contributed by atoms with van der Waals surface area (Å²) >= 11 is 3.73. The van der Waals surface area contributed by atoms with Crippen molar-refractivity contribution in [1.82, 2.24) is 9.97 Å². The van der Waals surface area contributed by atoms with Gasteiger partial charge in [0.25, 0.3) is 0 Å². The number of imidazole rings is 1. The van der Waals surface area contributed by atoms with E-state index < -0.39 is 0 Å². The lowest BCUT2D eigenvalue weighted by Gasteiger charge is -2.18. The fraction of sp³-hybridized carbons (Fsp3) is 0.700. The molecule has 1 atom stereocenters. The molecule has 0 radical (unpaired) electrons. The Hall–Kier alpha value is -0.310. The third-order valence-electron chi connectivity index (χ3n) is 2.50. The maximum atomic E-state index is 4.22. The number of halogens is 1. The summed E-state index contributed by atoms with van der Waals surface area (Å²) < 4.78 is 0. The van der Waals surface area contributed by atoms with Crippen LogP contribution in [0.4, 0.5) is 0 Å². The first-order chi connectivity index (χ1) is 6.27. The fourth-order valence-electron chi connectivity index (χ4n) is 1.56. The van der Waals surface area contributed by atoms with Crippen molar-refractivity contribution in [2.45, 2.75) is 37.9 Å². The van der Waals surface area contributed by atoms with Crippen molar-refractivity contribution in [2.24, 2.45) is 5.92 Å². The van der Waals surface area contributed by atoms with Crippen LogP contribution in [0.3, 0.4) is 0 Å². The van der Waals surface area contributed by atoms with E-state index in [-0.39, 0.29) is 0 Å². The van der Waals surface area contributed by atoms with Crippen LogP contribution in [0, 0.1) is 5.92 Å². The first kappa shape index (κ1) is 10.8. The van der Waals surface area contributed by atoms with Crippen molar-refractivity contribution in [3.05, 3.63) is 18.2 Å². The van der Waals surface area contributed by atoms with E-state index >= 15 is 0 Å². The van der Waals surface area contributed by atoms with Crippen LogP contribution in [0.15, 0.2) is 12.4 Å². The molecule has 2 nitrogen and oxygen atoms in total. The van der Waals surface area contributed by atoms with E-state index in [0.29, 0.717) is 4.83 Å². The first-order valence-corrected chi connectivity index (χ1v) is 5.81. The maximum absolute atomic E-state index is 4.22. The number of aromatic nitrogens is 2. The molecule has 0 fully saturated rings. The largest absolute Gasteiger partial charge is 0.349 e. The molecule has 0 aliphatic rings. The molecule has 1 heterocycles. The summed E-state index contributed by atoms with van der Waals surface area (Å²) in [7, 11) is 0. The van der Waals surface area contributed by atoms with Crippen LogP contribution in [0.5, 0.6) is 0 Å². The maximum Gasteiger partial charge on any atom is 0.107 e. The molecule has 13 heavy (non-hydrogen) atoms. The molecule has 0 spiro atoms. The molecule has 0 saturated carbocycles. The molecule has 1 N–H and O–H groups in total. The quantitative estimate of drug-likeness (QED) is 0.793. The minimum Gasteiger partial charge on any atom is -0.349 e. The molecule has 0 saturated heterocycles. The third kappa shape index (κ3) is 3.14. The smallest absolute Gasteiger partial charge is 0.107 e. The van der Waals surface area contributed by atoms with Gasteiger partial charge in [-0.2, -0.15) is 0 Å². The van der Waals surface area contributed by atoms with Crippen LogP contribution in [0.2, 0.25) is 0 Å².